The Bertz CT molecular complexity index is 488. The van der Waals surface area contributed by atoms with E-state index in [4.69, 9.17) is 6.42 Å². The standard InChI is InChI=1S/C16H20F3N/c1-6-15(7-2,14(3,4)5)20-13-10-8-12(9-11-13)16(17,18)19/h1,8-11,20H,7H2,2-5H3/t15-/m0/s1. The predicted octanol–water partition coefficient (Wildman–Crippen LogP) is 4.95. The minimum absolute atomic E-state index is 0.223. The van der Waals surface area contributed by atoms with Crippen molar-refractivity contribution in [1.29, 1.82) is 0 Å². The molecular formula is C16H20F3N. The molecule has 0 saturated heterocycles. The van der Waals surface area contributed by atoms with Crippen LogP contribution in [0.15, 0.2) is 24.3 Å². The van der Waals surface area contributed by atoms with Crippen LogP contribution in [0.3, 0.4) is 0 Å². The van der Waals surface area contributed by atoms with Gasteiger partial charge in [0.05, 0.1) is 5.56 Å². The number of nitrogens with one attached hydrogen (secondary N) is 1. The Hall–Kier alpha value is -1.63. The largest absolute Gasteiger partial charge is 0.416 e. The molecule has 0 fully saturated rings. The Kier molecular flexibility index (Phi) is 4.43. The third-order valence-corrected chi connectivity index (χ3v) is 3.63. The van der Waals surface area contributed by atoms with Crippen LogP contribution in [-0.4, -0.2) is 5.54 Å². The fraction of sp³-hybridized carbons (Fsp3) is 0.500. The second kappa shape index (κ2) is 5.40. The minimum Gasteiger partial charge on any atom is -0.369 e. The minimum atomic E-state index is -4.32. The van der Waals surface area contributed by atoms with Crippen LogP contribution in [0.5, 0.6) is 0 Å². The van der Waals surface area contributed by atoms with Crippen molar-refractivity contribution < 1.29 is 13.2 Å². The number of halogens is 3. The van der Waals surface area contributed by atoms with E-state index >= 15 is 0 Å². The van der Waals surface area contributed by atoms with Crippen molar-refractivity contribution in [3.63, 3.8) is 0 Å². The Morgan fingerprint density at radius 3 is 1.90 bits per heavy atom. The summed E-state index contributed by atoms with van der Waals surface area (Å²) in [4.78, 5) is 0. The Morgan fingerprint density at radius 2 is 1.60 bits per heavy atom. The fourth-order valence-corrected chi connectivity index (χ4v) is 2.15. The first-order chi connectivity index (χ1) is 9.05. The number of terminal acetylenes is 1. The molecule has 0 saturated carbocycles. The maximum absolute atomic E-state index is 12.5. The summed E-state index contributed by atoms with van der Waals surface area (Å²) in [5.41, 5.74) is -0.902. The third kappa shape index (κ3) is 3.27. The molecule has 1 nitrogen and oxygen atoms in total. The summed E-state index contributed by atoms with van der Waals surface area (Å²) < 4.78 is 37.6. The van der Waals surface area contributed by atoms with E-state index in [1.54, 1.807) is 0 Å². The van der Waals surface area contributed by atoms with Crippen LogP contribution in [0.25, 0.3) is 0 Å². The molecule has 1 aromatic rings. The van der Waals surface area contributed by atoms with E-state index in [-0.39, 0.29) is 5.41 Å². The molecule has 0 aromatic heterocycles. The molecule has 0 bridgehead atoms. The first kappa shape index (κ1) is 16.4. The van der Waals surface area contributed by atoms with Crippen molar-refractivity contribution in [1.82, 2.24) is 0 Å². The van der Waals surface area contributed by atoms with E-state index in [0.29, 0.717) is 12.1 Å². The van der Waals surface area contributed by atoms with Gasteiger partial charge in [-0.25, -0.2) is 0 Å². The zero-order valence-electron chi connectivity index (χ0n) is 12.2. The number of hydrogen-bond donors (Lipinski definition) is 1. The number of hydrogen-bond acceptors (Lipinski definition) is 1. The molecule has 0 radical (unpaired) electrons. The normalized spacial score (nSPS) is 15.3. The molecule has 4 heteroatoms. The van der Waals surface area contributed by atoms with Crippen LogP contribution in [0.2, 0.25) is 0 Å². The molecular weight excluding hydrogens is 263 g/mol. The second-order valence-electron chi connectivity index (χ2n) is 5.85. The predicted molar refractivity (Wildman–Crippen MR) is 76.4 cm³/mol. The number of alkyl halides is 3. The zero-order chi connectivity index (χ0) is 15.6. The van der Waals surface area contributed by atoms with Crippen molar-refractivity contribution in [3.8, 4) is 12.3 Å². The van der Waals surface area contributed by atoms with Gasteiger partial charge in [-0.05, 0) is 36.1 Å². The summed E-state index contributed by atoms with van der Waals surface area (Å²) in [6, 6.07) is 4.94. The molecule has 20 heavy (non-hydrogen) atoms. The SMILES string of the molecule is C#C[C@@](CC)(Nc1ccc(C(F)(F)F)cc1)C(C)(C)C. The summed E-state index contributed by atoms with van der Waals surface area (Å²) in [7, 11) is 0. The van der Waals surface area contributed by atoms with Crippen LogP contribution < -0.4 is 5.32 Å². The van der Waals surface area contributed by atoms with Crippen molar-refractivity contribution in [2.75, 3.05) is 5.32 Å². The summed E-state index contributed by atoms with van der Waals surface area (Å²) in [5.74, 6) is 2.77. The molecule has 0 spiro atoms. The van der Waals surface area contributed by atoms with Gasteiger partial charge in [0.25, 0.3) is 0 Å². The Balaban J connectivity index is 3.06. The van der Waals surface area contributed by atoms with Crippen LogP contribution >= 0.6 is 0 Å². The van der Waals surface area contributed by atoms with Crippen molar-refractivity contribution in [2.45, 2.75) is 45.8 Å². The van der Waals surface area contributed by atoms with Crippen molar-refractivity contribution >= 4 is 5.69 Å². The number of benzene rings is 1. The van der Waals surface area contributed by atoms with Gasteiger partial charge in [0.1, 0.15) is 5.54 Å². The van der Waals surface area contributed by atoms with Gasteiger partial charge in [0, 0.05) is 5.69 Å². The highest BCUT2D eigenvalue weighted by atomic mass is 19.4. The lowest BCUT2D eigenvalue weighted by Gasteiger charge is -2.41. The second-order valence-corrected chi connectivity index (χ2v) is 5.85. The van der Waals surface area contributed by atoms with E-state index < -0.39 is 17.3 Å². The van der Waals surface area contributed by atoms with Crippen LogP contribution in [0.4, 0.5) is 18.9 Å². The summed E-state index contributed by atoms with van der Waals surface area (Å²) in [6.07, 6.45) is 2.01. The first-order valence-corrected chi connectivity index (χ1v) is 6.49. The third-order valence-electron chi connectivity index (χ3n) is 3.63. The molecule has 0 aliphatic rings. The zero-order valence-corrected chi connectivity index (χ0v) is 12.2. The molecule has 1 atom stereocenters. The molecule has 0 amide bonds. The van der Waals surface area contributed by atoms with Gasteiger partial charge in [-0.2, -0.15) is 13.2 Å². The van der Waals surface area contributed by atoms with Gasteiger partial charge in [-0.15, -0.1) is 6.42 Å². The van der Waals surface area contributed by atoms with Gasteiger partial charge < -0.3 is 5.32 Å². The van der Waals surface area contributed by atoms with Crippen LogP contribution in [-0.2, 0) is 6.18 Å². The van der Waals surface area contributed by atoms with Crippen LogP contribution in [0.1, 0.15) is 39.7 Å². The average molecular weight is 283 g/mol. The van der Waals surface area contributed by atoms with Gasteiger partial charge in [-0.3, -0.25) is 0 Å². The van der Waals surface area contributed by atoms with Crippen molar-refractivity contribution in [3.05, 3.63) is 29.8 Å². The van der Waals surface area contributed by atoms with Gasteiger partial charge in [-0.1, -0.05) is 33.6 Å². The topological polar surface area (TPSA) is 12.0 Å². The first-order valence-electron chi connectivity index (χ1n) is 6.49. The van der Waals surface area contributed by atoms with Gasteiger partial charge in [0.15, 0.2) is 0 Å². The monoisotopic (exact) mass is 283 g/mol. The highest BCUT2D eigenvalue weighted by molar-refractivity contribution is 5.50. The lowest BCUT2D eigenvalue weighted by Crippen LogP contribution is -2.48. The fourth-order valence-electron chi connectivity index (χ4n) is 2.15. The molecule has 110 valence electrons. The van der Waals surface area contributed by atoms with Crippen LogP contribution in [0, 0.1) is 17.8 Å². The molecule has 1 aromatic carbocycles. The summed E-state index contributed by atoms with van der Waals surface area (Å²) in [5, 5.41) is 3.21. The Labute approximate surface area is 118 Å². The van der Waals surface area contributed by atoms with Gasteiger partial charge in [0.2, 0.25) is 0 Å². The maximum atomic E-state index is 12.5. The van der Waals surface area contributed by atoms with E-state index in [1.807, 2.05) is 27.7 Å². The van der Waals surface area contributed by atoms with E-state index in [9.17, 15) is 13.2 Å². The van der Waals surface area contributed by atoms with Gasteiger partial charge >= 0.3 is 6.18 Å². The summed E-state index contributed by atoms with van der Waals surface area (Å²) in [6.45, 7) is 7.98. The number of rotatable bonds is 3. The molecule has 1 rings (SSSR count). The summed E-state index contributed by atoms with van der Waals surface area (Å²) >= 11 is 0. The lowest BCUT2D eigenvalue weighted by molar-refractivity contribution is -0.137. The maximum Gasteiger partial charge on any atom is 0.416 e. The highest BCUT2D eigenvalue weighted by Gasteiger charge is 2.39. The molecule has 0 aliphatic heterocycles. The van der Waals surface area contributed by atoms with E-state index in [1.165, 1.54) is 12.1 Å². The smallest absolute Gasteiger partial charge is 0.369 e. The molecule has 0 unspecified atom stereocenters. The highest BCUT2D eigenvalue weighted by Crippen LogP contribution is 2.36. The van der Waals surface area contributed by atoms with E-state index in [0.717, 1.165) is 12.1 Å². The van der Waals surface area contributed by atoms with Crippen molar-refractivity contribution in [2.24, 2.45) is 5.41 Å². The molecule has 0 aliphatic carbocycles. The number of anilines is 1. The lowest BCUT2D eigenvalue weighted by atomic mass is 9.72. The Morgan fingerprint density at radius 1 is 1.10 bits per heavy atom. The molecule has 1 N–H and O–H groups in total. The average Bonchev–Trinajstić information content (AvgIpc) is 2.34. The quantitative estimate of drug-likeness (QED) is 0.774. The molecule has 0 heterocycles. The van der Waals surface area contributed by atoms with E-state index in [2.05, 4.69) is 11.2 Å².